The Labute approximate surface area is 219 Å². The fourth-order valence-electron chi connectivity index (χ4n) is 4.46. The molecule has 0 aliphatic heterocycles. The zero-order valence-electron chi connectivity index (χ0n) is 19.9. The molecule has 4 N–H and O–H groups in total. The molecule has 1 heterocycles. The van der Waals surface area contributed by atoms with Crippen LogP contribution in [-0.2, 0) is 16.4 Å². The third kappa shape index (κ3) is 6.83. The number of para-hydroxylation sites is 1. The van der Waals surface area contributed by atoms with Gasteiger partial charge in [0.05, 0.1) is 10.9 Å². The number of nitrogen functional groups attached to an aromatic ring is 1. The zero-order valence-corrected chi connectivity index (χ0v) is 21.4. The van der Waals surface area contributed by atoms with Crippen LogP contribution in [0.3, 0.4) is 0 Å². The number of halogens is 5. The second-order valence-corrected chi connectivity index (χ2v) is 10.0. The van der Waals surface area contributed by atoms with Crippen molar-refractivity contribution < 1.29 is 18.0 Å². The molecule has 9 heteroatoms. The second-order valence-electron chi connectivity index (χ2n) is 9.16. The van der Waals surface area contributed by atoms with Gasteiger partial charge in [0.2, 0.25) is 5.91 Å². The zero-order chi connectivity index (χ0) is 26.3. The summed E-state index contributed by atoms with van der Waals surface area (Å²) in [5.74, 6) is -0.294. The number of primary amides is 1. The number of anilines is 1. The summed E-state index contributed by atoms with van der Waals surface area (Å²) in [6.45, 7) is 0. The Hall–Kier alpha value is -2.51. The summed E-state index contributed by atoms with van der Waals surface area (Å²) in [4.78, 5) is 15.0. The number of hydrogen-bond donors (Lipinski definition) is 2. The van der Waals surface area contributed by atoms with Crippen molar-refractivity contribution in [1.82, 2.24) is 4.98 Å². The first-order valence-corrected chi connectivity index (χ1v) is 12.8. The van der Waals surface area contributed by atoms with Gasteiger partial charge in [-0.15, -0.1) is 0 Å². The highest BCUT2D eigenvalue weighted by molar-refractivity contribution is 6.35. The molecule has 1 amide bonds. The molecule has 0 radical (unpaired) electrons. The van der Waals surface area contributed by atoms with E-state index in [-0.39, 0.29) is 17.1 Å². The van der Waals surface area contributed by atoms with Crippen molar-refractivity contribution in [2.24, 2.45) is 5.73 Å². The predicted molar refractivity (Wildman–Crippen MR) is 140 cm³/mol. The maximum absolute atomic E-state index is 12.4. The van der Waals surface area contributed by atoms with Crippen molar-refractivity contribution >= 4 is 45.7 Å². The topological polar surface area (TPSA) is 82.0 Å². The van der Waals surface area contributed by atoms with Gasteiger partial charge in [-0.05, 0) is 42.7 Å². The van der Waals surface area contributed by atoms with Crippen LogP contribution in [0.25, 0.3) is 10.9 Å². The fourth-order valence-corrected chi connectivity index (χ4v) is 5.05. The minimum atomic E-state index is -4.46. The van der Waals surface area contributed by atoms with Gasteiger partial charge < -0.3 is 11.5 Å². The largest absolute Gasteiger partial charge is 0.433 e. The van der Waals surface area contributed by atoms with Gasteiger partial charge in [-0.25, -0.2) is 4.98 Å². The van der Waals surface area contributed by atoms with E-state index < -0.39 is 17.3 Å². The molecule has 0 bridgehead atoms. The number of nitrogens with two attached hydrogens (primary N) is 2. The summed E-state index contributed by atoms with van der Waals surface area (Å²) in [6, 6.07) is 12.5. The molecule has 0 spiro atoms. The second kappa shape index (κ2) is 12.2. The van der Waals surface area contributed by atoms with Gasteiger partial charge in [0.1, 0.15) is 5.69 Å². The van der Waals surface area contributed by atoms with Gasteiger partial charge in [0, 0.05) is 21.1 Å². The number of pyridine rings is 1. The van der Waals surface area contributed by atoms with E-state index in [1.165, 1.54) is 44.6 Å². The summed E-state index contributed by atoms with van der Waals surface area (Å²) in [7, 11) is 0. The van der Waals surface area contributed by atoms with Crippen LogP contribution in [0.1, 0.15) is 69.0 Å². The van der Waals surface area contributed by atoms with Crippen molar-refractivity contribution in [1.29, 1.82) is 0 Å². The number of nitrogens with zero attached hydrogens (tertiary/aromatic N) is 1. The minimum Gasteiger partial charge on any atom is -0.398 e. The van der Waals surface area contributed by atoms with Crippen LogP contribution in [0.5, 0.6) is 0 Å². The Morgan fingerprint density at radius 3 is 1.94 bits per heavy atom. The Bertz CT molecular complexity index is 1180. The Balaban J connectivity index is 0.000000164. The summed E-state index contributed by atoms with van der Waals surface area (Å²) in [5, 5.41) is 1.63. The maximum Gasteiger partial charge on any atom is 0.433 e. The third-order valence-corrected chi connectivity index (χ3v) is 7.21. The van der Waals surface area contributed by atoms with Crippen LogP contribution in [0.15, 0.2) is 48.5 Å². The normalized spacial score (nSPS) is 16.6. The van der Waals surface area contributed by atoms with Crippen LogP contribution in [0.4, 0.5) is 18.9 Å². The van der Waals surface area contributed by atoms with Gasteiger partial charge in [-0.1, -0.05) is 92.4 Å². The maximum atomic E-state index is 12.4. The van der Waals surface area contributed by atoms with E-state index in [1.54, 1.807) is 36.4 Å². The molecular weight excluding hydrogens is 510 g/mol. The number of carbonyl (C=O) groups is 1. The molecule has 0 unspecified atom stereocenters. The number of rotatable bonds is 2. The molecule has 2 fully saturated rings. The van der Waals surface area contributed by atoms with E-state index >= 15 is 0 Å². The summed E-state index contributed by atoms with van der Waals surface area (Å²) in [5.41, 5.74) is 10.6. The molecule has 1 aromatic heterocycles. The lowest BCUT2D eigenvalue weighted by Gasteiger charge is -2.39. The van der Waals surface area contributed by atoms with E-state index in [4.69, 9.17) is 34.7 Å². The molecule has 4 nitrogen and oxygen atoms in total. The highest BCUT2D eigenvalue weighted by Crippen LogP contribution is 2.46. The molecule has 194 valence electrons. The molecule has 2 saturated carbocycles. The summed E-state index contributed by atoms with van der Waals surface area (Å²) in [6.07, 6.45) is 7.12. The lowest BCUT2D eigenvalue weighted by molar-refractivity contribution is -0.140. The molecule has 5 rings (SSSR count). The number of aromatic nitrogens is 1. The van der Waals surface area contributed by atoms with E-state index in [1.807, 2.05) is 0 Å². The Morgan fingerprint density at radius 2 is 1.47 bits per heavy atom. The van der Waals surface area contributed by atoms with Crippen LogP contribution in [0, 0.1) is 0 Å². The first-order valence-electron chi connectivity index (χ1n) is 12.0. The van der Waals surface area contributed by atoms with E-state index in [9.17, 15) is 18.0 Å². The number of hydrogen-bond acceptors (Lipinski definition) is 3. The number of alkyl halides is 3. The molecule has 0 atom stereocenters. The number of carbonyl (C=O) groups excluding carboxylic acids is 1. The molecule has 36 heavy (non-hydrogen) atoms. The average Bonchev–Trinajstić information content (AvgIpc) is 2.81. The third-order valence-electron chi connectivity index (χ3n) is 6.66. The molecular formula is C27H30Cl2F3N3O. The van der Waals surface area contributed by atoms with Crippen LogP contribution in [-0.4, -0.2) is 10.9 Å². The van der Waals surface area contributed by atoms with Crippen molar-refractivity contribution in [2.75, 3.05) is 5.73 Å². The molecule has 2 aliphatic rings. The highest BCUT2D eigenvalue weighted by atomic mass is 35.5. The van der Waals surface area contributed by atoms with Gasteiger partial charge in [-0.3, -0.25) is 4.79 Å². The van der Waals surface area contributed by atoms with Gasteiger partial charge in [0.15, 0.2) is 0 Å². The molecule has 3 aromatic rings. The lowest BCUT2D eigenvalue weighted by atomic mass is 9.64. The van der Waals surface area contributed by atoms with Crippen LogP contribution >= 0.6 is 23.2 Å². The first kappa shape index (κ1) is 28.1. The SMILES string of the molecule is C1CCCCC1.NC(=O)C1(c2ccc(Cl)cc2Cl)CCC1.Nc1cc(C(F)(F)F)nc2ccccc12. The van der Waals surface area contributed by atoms with Gasteiger partial charge in [-0.2, -0.15) is 13.2 Å². The smallest absolute Gasteiger partial charge is 0.398 e. The minimum absolute atomic E-state index is 0.0907. The van der Waals surface area contributed by atoms with Gasteiger partial charge >= 0.3 is 6.18 Å². The van der Waals surface area contributed by atoms with E-state index in [0.717, 1.165) is 30.9 Å². The number of amides is 1. The predicted octanol–water partition coefficient (Wildman–Crippen LogP) is 8.08. The van der Waals surface area contributed by atoms with Crippen molar-refractivity contribution in [3.05, 3.63) is 69.8 Å². The lowest BCUT2D eigenvalue weighted by Crippen LogP contribution is -2.46. The monoisotopic (exact) mass is 539 g/mol. The highest BCUT2D eigenvalue weighted by Gasteiger charge is 2.45. The number of benzene rings is 2. The standard InChI is InChI=1S/C11H11Cl2NO.C10H7F3N2.C6H12/c12-7-2-3-8(9(13)6-7)11(10(14)15)4-1-5-11;11-10(12,13)9-5-7(14)6-3-1-2-4-8(6)15-9;1-2-4-6-5-3-1/h2-3,6H,1,4-5H2,(H2,14,15);1-5H,(H2,14,15);1-6H2. The van der Waals surface area contributed by atoms with Crippen LogP contribution < -0.4 is 11.5 Å². The summed E-state index contributed by atoms with van der Waals surface area (Å²) < 4.78 is 37.1. The first-order chi connectivity index (χ1) is 17.0. The van der Waals surface area contributed by atoms with Crippen molar-refractivity contribution in [3.63, 3.8) is 0 Å². The van der Waals surface area contributed by atoms with E-state index in [2.05, 4.69) is 4.98 Å². The molecule has 2 aliphatic carbocycles. The summed E-state index contributed by atoms with van der Waals surface area (Å²) >= 11 is 11.9. The fraction of sp³-hybridized carbons (Fsp3) is 0.407. The van der Waals surface area contributed by atoms with Gasteiger partial charge in [0.25, 0.3) is 0 Å². The van der Waals surface area contributed by atoms with Crippen molar-refractivity contribution in [3.8, 4) is 0 Å². The quantitative estimate of drug-likeness (QED) is 0.345. The molecule has 2 aromatic carbocycles. The van der Waals surface area contributed by atoms with E-state index in [0.29, 0.717) is 15.4 Å². The Morgan fingerprint density at radius 1 is 0.889 bits per heavy atom. The average molecular weight is 540 g/mol. The number of fused-ring (bicyclic) bond motifs is 1. The Kier molecular flexibility index (Phi) is 9.47. The molecule has 0 saturated heterocycles. The van der Waals surface area contributed by atoms with Crippen molar-refractivity contribution in [2.45, 2.75) is 69.4 Å². The van der Waals surface area contributed by atoms with Crippen LogP contribution in [0.2, 0.25) is 10.0 Å².